The average molecular weight is 1070 g/mol. The van der Waals surface area contributed by atoms with Gasteiger partial charge in [0.1, 0.15) is 44.0 Å². The summed E-state index contributed by atoms with van der Waals surface area (Å²) in [6.07, 6.45) is 0. The van der Waals surface area contributed by atoms with Gasteiger partial charge in [0.2, 0.25) is 17.2 Å². The summed E-state index contributed by atoms with van der Waals surface area (Å²) in [5.74, 6) is -3.04. The molecule has 0 amide bonds. The number of hydrogen-bond acceptors (Lipinski definition) is 29. The van der Waals surface area contributed by atoms with Crippen LogP contribution in [0.2, 0.25) is 5.28 Å². The Hall–Kier alpha value is -5.32. The van der Waals surface area contributed by atoms with Crippen LogP contribution in [0.5, 0.6) is 11.5 Å². The van der Waals surface area contributed by atoms with Crippen molar-refractivity contribution in [3.05, 3.63) is 78.1 Å². The molecule has 0 unspecified atom stereocenters. The number of nitrogens with zero attached hydrogens (tertiary/aromatic N) is 7. The summed E-state index contributed by atoms with van der Waals surface area (Å²) < 4.78 is 137. The Morgan fingerprint density at radius 1 is 0.552 bits per heavy atom. The molecule has 0 radical (unpaired) electrons. The van der Waals surface area contributed by atoms with Gasteiger partial charge in [0.05, 0.1) is 34.5 Å². The number of benzene rings is 4. The summed E-state index contributed by atoms with van der Waals surface area (Å²) in [7, 11) is -18.2. The van der Waals surface area contributed by atoms with E-state index in [1.165, 1.54) is 30.3 Å². The molecule has 0 fully saturated rings. The zero-order valence-corrected chi connectivity index (χ0v) is 38.3. The molecule has 67 heavy (non-hydrogen) atoms. The highest BCUT2D eigenvalue weighted by atomic mass is 35.5. The fraction of sp³-hybridized carbons (Fsp3) is 0.129. The zero-order valence-electron chi connectivity index (χ0n) is 32.6. The predicted molar refractivity (Wildman–Crippen MR) is 229 cm³/mol. The number of phenolic OH excluding ortho intramolecular Hbond substituents is 2. The lowest BCUT2D eigenvalue weighted by molar-refractivity contribution is -0.434. The van der Waals surface area contributed by atoms with E-state index in [4.69, 9.17) is 30.5 Å². The molecular weight excluding hydrogens is 1050 g/mol. The third-order valence-corrected chi connectivity index (χ3v) is 13.9. The van der Waals surface area contributed by atoms with Crippen LogP contribution in [0.25, 0.3) is 0 Å². The van der Waals surface area contributed by atoms with Crippen LogP contribution < -0.4 is 10.6 Å². The van der Waals surface area contributed by atoms with Crippen LogP contribution >= 0.6 is 36.2 Å². The van der Waals surface area contributed by atoms with Gasteiger partial charge in [0.25, 0.3) is 20.2 Å². The van der Waals surface area contributed by atoms with Crippen LogP contribution in [-0.4, -0.2) is 103 Å². The lowest BCUT2D eigenvalue weighted by Gasteiger charge is -2.10. The van der Waals surface area contributed by atoms with Crippen molar-refractivity contribution < 1.29 is 90.6 Å². The summed E-state index contributed by atoms with van der Waals surface area (Å²) in [4.78, 5) is 9.64. The molecule has 8 N–H and O–H groups in total. The molecule has 29 nitrogen and oxygen atoms in total. The van der Waals surface area contributed by atoms with Crippen molar-refractivity contribution in [1.29, 1.82) is 0 Å². The van der Waals surface area contributed by atoms with Crippen molar-refractivity contribution >= 4 is 122 Å². The molecule has 0 aliphatic heterocycles. The molecule has 5 aromatic rings. The Bertz CT molecular complexity index is 3100. The maximum atomic E-state index is 12.7. The minimum absolute atomic E-state index is 0.0231. The van der Waals surface area contributed by atoms with Gasteiger partial charge in [0, 0.05) is 23.5 Å². The van der Waals surface area contributed by atoms with Crippen molar-refractivity contribution in [2.45, 2.75) is 19.6 Å². The van der Waals surface area contributed by atoms with Gasteiger partial charge in [-0.3, -0.25) is 17.5 Å². The van der Waals surface area contributed by atoms with Crippen LogP contribution in [0, 0.1) is 0 Å². The third kappa shape index (κ3) is 15.3. The Morgan fingerprint density at radius 3 is 1.57 bits per heavy atom. The fourth-order valence-corrected chi connectivity index (χ4v) is 9.25. The van der Waals surface area contributed by atoms with Crippen LogP contribution in [0.1, 0.15) is 0 Å². The molecule has 1 heterocycles. The van der Waals surface area contributed by atoms with Crippen molar-refractivity contribution in [3.63, 3.8) is 0 Å². The van der Waals surface area contributed by atoms with Gasteiger partial charge in [-0.15, -0.1) is 29.1 Å². The van der Waals surface area contributed by atoms with Crippen molar-refractivity contribution in [2.24, 2.45) is 20.5 Å². The molecule has 0 spiro atoms. The van der Waals surface area contributed by atoms with Gasteiger partial charge in [-0.1, -0.05) is 10.1 Å². The van der Waals surface area contributed by atoms with Crippen molar-refractivity contribution in [2.75, 3.05) is 35.4 Å². The van der Waals surface area contributed by atoms with E-state index < -0.39 is 107 Å². The van der Waals surface area contributed by atoms with Gasteiger partial charge in [0.15, 0.2) is 44.3 Å². The van der Waals surface area contributed by atoms with Crippen molar-refractivity contribution in [3.8, 4) is 11.5 Å². The highest BCUT2D eigenvalue weighted by Gasteiger charge is 2.23. The fourth-order valence-electron chi connectivity index (χ4n) is 4.92. The van der Waals surface area contributed by atoms with Crippen LogP contribution in [0.3, 0.4) is 0 Å². The topological polar surface area (TPSA) is 425 Å². The lowest BCUT2D eigenvalue weighted by atomic mass is 10.2. The number of azo groups is 2. The van der Waals surface area contributed by atoms with Gasteiger partial charge in [-0.25, -0.2) is 27.4 Å². The van der Waals surface area contributed by atoms with E-state index in [-0.39, 0.29) is 59.0 Å². The van der Waals surface area contributed by atoms with E-state index in [2.05, 4.69) is 64.8 Å². The highest BCUT2D eigenvalue weighted by molar-refractivity contribution is 7.92. The van der Waals surface area contributed by atoms with Crippen molar-refractivity contribution in [1.82, 2.24) is 15.0 Å². The summed E-state index contributed by atoms with van der Waals surface area (Å²) in [6.45, 7) is -0.825. The van der Waals surface area contributed by atoms with Crippen LogP contribution in [-0.2, 0) is 67.0 Å². The maximum absolute atomic E-state index is 12.7. The largest absolute Gasteiger partial charge is 0.505 e. The first kappa shape index (κ1) is 52.6. The summed E-state index contributed by atoms with van der Waals surface area (Å²) >= 11 is 6.43. The van der Waals surface area contributed by atoms with E-state index >= 15 is 0 Å². The smallest absolute Gasteiger partial charge is 0.296 e. The molecule has 0 bridgehead atoms. The number of aromatic nitrogens is 3. The van der Waals surface area contributed by atoms with Gasteiger partial charge >= 0.3 is 0 Å². The standard InChI is InChI=1S/C31H28ClN9O20S6/c32-29-35-30(33-17-1-4-19(5-2-17)64(46,47)11-9-56-62-60-58-44)37-31(36-29)34-18-3-8-27(66(50,51)52)24(13-18)41-40-23-15-22(25(42)16-26(23)43)39-38-21-7-6-20(14-28(21)67(53,54)55)65(48,49)12-10-57-63-61-59-45/h1-8,13-16,42-45H,9-12H2,(H,50,51,52)(H,53,54,55)(H2,33,34,35,36,37)/b39-38+,41-40+. The second-order valence-electron chi connectivity index (χ2n) is 12.2. The SMILES string of the molecule is O=S(=O)(O)c1ccc(Nc2nc(Cl)nc(Nc3ccc(S(=O)(=O)CCOSOOO)cc3)n2)cc1/N=N/c1cc(/N=N/c2ccc(S(=O)(=O)CCOSOOO)cc2S(=O)(=O)O)c(O)cc1O. The Balaban J connectivity index is 1.36. The number of anilines is 4. The third-order valence-electron chi connectivity index (χ3n) is 7.83. The minimum Gasteiger partial charge on any atom is -0.505 e. The number of sulfone groups is 2. The molecule has 0 aliphatic rings. The number of aromatic hydroxyl groups is 2. The number of nitrogens with one attached hydrogen (secondary N) is 2. The Kier molecular flexibility index (Phi) is 18.2. The van der Waals surface area contributed by atoms with Crippen LogP contribution in [0.4, 0.5) is 46.0 Å². The molecule has 4 aromatic carbocycles. The molecular formula is C31H28ClN9O20S6. The molecule has 5 rings (SSSR count). The quantitative estimate of drug-likeness (QED) is 0.00839. The Labute approximate surface area is 390 Å². The summed E-state index contributed by atoms with van der Waals surface area (Å²) in [5, 5.41) is 64.0. The molecule has 0 atom stereocenters. The maximum Gasteiger partial charge on any atom is 0.296 e. The zero-order chi connectivity index (χ0) is 49.0. The minimum atomic E-state index is -5.16. The van der Waals surface area contributed by atoms with Gasteiger partial charge in [-0.05, 0) is 72.3 Å². The number of hydrogen-bond donors (Lipinski definition) is 8. The predicted octanol–water partition coefficient (Wildman–Crippen LogP) is 6.30. The molecule has 0 saturated carbocycles. The number of rotatable bonds is 24. The monoisotopic (exact) mass is 1070 g/mol. The molecule has 0 aliphatic carbocycles. The van der Waals surface area contributed by atoms with Crippen LogP contribution in [0.15, 0.2) is 113 Å². The summed E-state index contributed by atoms with van der Waals surface area (Å²) in [5.41, 5.74) is -1.85. The van der Waals surface area contributed by atoms with E-state index in [1.54, 1.807) is 0 Å². The molecule has 0 saturated heterocycles. The number of halogens is 1. The first-order chi connectivity index (χ1) is 31.6. The second kappa shape index (κ2) is 23.1. The Morgan fingerprint density at radius 2 is 1.03 bits per heavy atom. The average Bonchev–Trinajstić information content (AvgIpc) is 3.25. The molecule has 1 aromatic heterocycles. The first-order valence-electron chi connectivity index (χ1n) is 17.3. The highest BCUT2D eigenvalue weighted by Crippen LogP contribution is 2.41. The first-order valence-corrected chi connectivity index (χ1v) is 25.2. The van der Waals surface area contributed by atoms with Gasteiger partial charge in [-0.2, -0.15) is 31.8 Å². The second-order valence-corrected chi connectivity index (χ2v) is 20.6. The van der Waals surface area contributed by atoms with E-state index in [0.717, 1.165) is 30.3 Å². The summed E-state index contributed by atoms with van der Waals surface area (Å²) in [6, 6.07) is 12.4. The lowest BCUT2D eigenvalue weighted by Crippen LogP contribution is -2.12. The number of phenols is 2. The normalized spacial score (nSPS) is 12.6. The van der Waals surface area contributed by atoms with E-state index in [9.17, 15) is 53.0 Å². The molecule has 36 heteroatoms. The van der Waals surface area contributed by atoms with E-state index in [1.807, 2.05) is 0 Å². The molecule has 360 valence electrons. The van der Waals surface area contributed by atoms with E-state index in [0.29, 0.717) is 17.8 Å². The van der Waals surface area contributed by atoms with Gasteiger partial charge < -0.3 is 20.8 Å².